The minimum atomic E-state index is -1.85. The third-order valence-corrected chi connectivity index (χ3v) is 9.82. The summed E-state index contributed by atoms with van der Waals surface area (Å²) in [6, 6.07) is -0.0380. The average Bonchev–Trinajstić information content (AvgIpc) is 2.19. The summed E-state index contributed by atoms with van der Waals surface area (Å²) in [6.07, 6.45) is -0.0689. The number of hydrogen-bond donors (Lipinski definition) is 1. The van der Waals surface area contributed by atoms with E-state index in [0.29, 0.717) is 0 Å². The topological polar surface area (TPSA) is 38.3 Å². The maximum absolute atomic E-state index is 11.9. The molecule has 1 unspecified atom stereocenters. The SMILES string of the molecule is C[C@@H](O[Si](C)(C)C(C)(C)C)[C@H]1C(=O)NC1C#C[Si](C)(C)C. The molecule has 120 valence electrons. The minimum absolute atomic E-state index is 0.0380. The van der Waals surface area contributed by atoms with Gasteiger partial charge < -0.3 is 9.74 Å². The second-order valence-corrected chi connectivity index (χ2v) is 18.1. The van der Waals surface area contributed by atoms with E-state index in [0.717, 1.165) is 0 Å². The Labute approximate surface area is 132 Å². The quantitative estimate of drug-likeness (QED) is 0.491. The Bertz CT molecular complexity index is 463. The lowest BCUT2D eigenvalue weighted by atomic mass is 9.87. The van der Waals surface area contributed by atoms with E-state index >= 15 is 0 Å². The van der Waals surface area contributed by atoms with Crippen molar-refractivity contribution in [3.63, 3.8) is 0 Å². The van der Waals surface area contributed by atoms with E-state index in [4.69, 9.17) is 4.43 Å². The molecule has 0 aliphatic carbocycles. The van der Waals surface area contributed by atoms with Crippen molar-refractivity contribution in [2.24, 2.45) is 5.92 Å². The van der Waals surface area contributed by atoms with Crippen LogP contribution in [0, 0.1) is 17.4 Å². The normalized spacial score (nSPS) is 24.5. The first-order valence-electron chi connectivity index (χ1n) is 7.75. The highest BCUT2D eigenvalue weighted by Gasteiger charge is 2.46. The highest BCUT2D eigenvalue weighted by Crippen LogP contribution is 2.38. The van der Waals surface area contributed by atoms with Crippen LogP contribution in [0.2, 0.25) is 37.8 Å². The van der Waals surface area contributed by atoms with E-state index in [2.05, 4.69) is 70.3 Å². The molecule has 1 saturated heterocycles. The molecular formula is C16H31NO2Si2. The Hall–Kier alpha value is -0.576. The number of β-lactam (4-membered cyclic amide) rings is 1. The summed E-state index contributed by atoms with van der Waals surface area (Å²) in [5.41, 5.74) is 3.35. The summed E-state index contributed by atoms with van der Waals surface area (Å²) >= 11 is 0. The molecule has 1 rings (SSSR count). The Morgan fingerprint density at radius 3 is 2.10 bits per heavy atom. The van der Waals surface area contributed by atoms with Crippen molar-refractivity contribution in [2.75, 3.05) is 0 Å². The molecule has 1 fully saturated rings. The second-order valence-electron chi connectivity index (χ2n) is 8.61. The maximum Gasteiger partial charge on any atom is 0.229 e. The van der Waals surface area contributed by atoms with E-state index in [1.165, 1.54) is 0 Å². The Morgan fingerprint density at radius 2 is 1.71 bits per heavy atom. The van der Waals surface area contributed by atoms with Crippen molar-refractivity contribution < 1.29 is 9.22 Å². The van der Waals surface area contributed by atoms with Gasteiger partial charge in [-0.15, -0.1) is 5.54 Å². The van der Waals surface area contributed by atoms with Gasteiger partial charge in [0.2, 0.25) is 5.91 Å². The number of hydrogen-bond acceptors (Lipinski definition) is 2. The molecule has 0 radical (unpaired) electrons. The van der Waals surface area contributed by atoms with Crippen LogP contribution >= 0.6 is 0 Å². The van der Waals surface area contributed by atoms with Gasteiger partial charge in [-0.3, -0.25) is 4.79 Å². The average molecular weight is 326 g/mol. The molecule has 21 heavy (non-hydrogen) atoms. The molecule has 0 aromatic heterocycles. The summed E-state index contributed by atoms with van der Waals surface area (Å²) < 4.78 is 6.36. The first-order valence-corrected chi connectivity index (χ1v) is 14.2. The number of carbonyl (C=O) groups excluding carboxylic acids is 1. The molecule has 1 aliphatic rings. The fourth-order valence-electron chi connectivity index (χ4n) is 2.01. The summed E-state index contributed by atoms with van der Waals surface area (Å²) in [6.45, 7) is 19.8. The van der Waals surface area contributed by atoms with Crippen LogP contribution in [0.15, 0.2) is 0 Å². The van der Waals surface area contributed by atoms with Crippen LogP contribution in [0.3, 0.4) is 0 Å². The van der Waals surface area contributed by atoms with Crippen LogP contribution < -0.4 is 5.32 Å². The first kappa shape index (κ1) is 18.5. The van der Waals surface area contributed by atoms with Crippen molar-refractivity contribution in [3.05, 3.63) is 0 Å². The van der Waals surface area contributed by atoms with Crippen molar-refractivity contribution in [3.8, 4) is 11.5 Å². The zero-order valence-corrected chi connectivity index (χ0v) is 17.0. The smallest absolute Gasteiger partial charge is 0.229 e. The second kappa shape index (κ2) is 5.90. The van der Waals surface area contributed by atoms with Gasteiger partial charge in [0.1, 0.15) is 14.1 Å². The van der Waals surface area contributed by atoms with E-state index in [9.17, 15) is 4.79 Å². The molecular weight excluding hydrogens is 294 g/mol. The van der Waals surface area contributed by atoms with Gasteiger partial charge in [0.05, 0.1) is 12.0 Å². The van der Waals surface area contributed by atoms with Crippen LogP contribution in [0.4, 0.5) is 0 Å². The lowest BCUT2D eigenvalue weighted by molar-refractivity contribution is -0.137. The van der Waals surface area contributed by atoms with E-state index in [1.54, 1.807) is 0 Å². The lowest BCUT2D eigenvalue weighted by Gasteiger charge is -2.44. The van der Waals surface area contributed by atoms with Crippen molar-refractivity contribution >= 4 is 22.3 Å². The Kier molecular flexibility index (Phi) is 5.19. The molecule has 0 spiro atoms. The molecule has 1 heterocycles. The number of carbonyl (C=O) groups is 1. The third-order valence-electron chi connectivity index (χ3n) is 4.35. The molecule has 0 aromatic carbocycles. The molecule has 5 heteroatoms. The Morgan fingerprint density at radius 1 is 1.19 bits per heavy atom. The van der Waals surface area contributed by atoms with Gasteiger partial charge in [-0.05, 0) is 25.1 Å². The van der Waals surface area contributed by atoms with Gasteiger partial charge in [-0.1, -0.05) is 46.3 Å². The first-order chi connectivity index (χ1) is 9.24. The van der Waals surface area contributed by atoms with Gasteiger partial charge in [-0.2, -0.15) is 0 Å². The van der Waals surface area contributed by atoms with Gasteiger partial charge in [0.25, 0.3) is 0 Å². The van der Waals surface area contributed by atoms with Crippen molar-refractivity contribution in [1.82, 2.24) is 5.32 Å². The van der Waals surface area contributed by atoms with Crippen LogP contribution in [-0.2, 0) is 9.22 Å². The molecule has 3 atom stereocenters. The van der Waals surface area contributed by atoms with Gasteiger partial charge >= 0.3 is 0 Å². The highest BCUT2D eigenvalue weighted by molar-refractivity contribution is 6.83. The fraction of sp³-hybridized carbons (Fsp3) is 0.812. The van der Waals surface area contributed by atoms with E-state index in [1.807, 2.05) is 6.92 Å². The molecule has 1 N–H and O–H groups in total. The predicted molar refractivity (Wildman–Crippen MR) is 94.3 cm³/mol. The lowest BCUT2D eigenvalue weighted by Crippen LogP contribution is -2.63. The third kappa shape index (κ3) is 4.70. The van der Waals surface area contributed by atoms with Crippen LogP contribution in [0.25, 0.3) is 0 Å². The molecule has 3 nitrogen and oxygen atoms in total. The van der Waals surface area contributed by atoms with Crippen LogP contribution in [-0.4, -0.2) is 34.4 Å². The van der Waals surface area contributed by atoms with Gasteiger partial charge in [0.15, 0.2) is 8.32 Å². The Balaban J connectivity index is 2.79. The number of rotatable bonds is 3. The number of nitrogens with one attached hydrogen (secondary N) is 1. The van der Waals surface area contributed by atoms with E-state index < -0.39 is 16.4 Å². The zero-order chi connectivity index (χ0) is 16.6. The van der Waals surface area contributed by atoms with Crippen LogP contribution in [0.1, 0.15) is 27.7 Å². The summed E-state index contributed by atoms with van der Waals surface area (Å²) in [7, 11) is -3.26. The zero-order valence-electron chi connectivity index (χ0n) is 15.0. The monoisotopic (exact) mass is 325 g/mol. The van der Waals surface area contributed by atoms with Crippen molar-refractivity contribution in [1.29, 1.82) is 0 Å². The standard InChI is InChI=1S/C16H31NO2Si2/c1-12(19-21(8,9)16(2,3)4)14-13(17-15(14)18)10-11-20(5,6)7/h12-14H,1-9H3,(H,17,18)/t12-,13?,14-/m1/s1. The van der Waals surface area contributed by atoms with Crippen LogP contribution in [0.5, 0.6) is 0 Å². The molecule has 0 bridgehead atoms. The maximum atomic E-state index is 11.9. The molecule has 0 aromatic rings. The number of amides is 1. The van der Waals surface area contributed by atoms with Crippen molar-refractivity contribution in [2.45, 2.75) is 77.6 Å². The summed E-state index contributed by atoms with van der Waals surface area (Å²) in [4.78, 5) is 11.9. The largest absolute Gasteiger partial charge is 0.413 e. The summed E-state index contributed by atoms with van der Waals surface area (Å²) in [5.74, 6) is 3.22. The van der Waals surface area contributed by atoms with E-state index in [-0.39, 0.29) is 29.0 Å². The van der Waals surface area contributed by atoms with Gasteiger partial charge in [0, 0.05) is 0 Å². The summed E-state index contributed by atoms with van der Waals surface area (Å²) in [5, 5.41) is 3.07. The molecule has 0 saturated carbocycles. The molecule has 1 amide bonds. The fourth-order valence-corrected chi connectivity index (χ4v) is 4.03. The highest BCUT2D eigenvalue weighted by atomic mass is 28.4. The minimum Gasteiger partial charge on any atom is -0.413 e. The molecule has 1 aliphatic heterocycles. The predicted octanol–water partition coefficient (Wildman–Crippen LogP) is 3.39. The van der Waals surface area contributed by atoms with Gasteiger partial charge in [-0.25, -0.2) is 0 Å².